The highest BCUT2D eigenvalue weighted by molar-refractivity contribution is 5.84. The van der Waals surface area contributed by atoms with Crippen molar-refractivity contribution < 1.29 is 18.0 Å². The largest absolute Gasteiger partial charge is 0.434 e. The van der Waals surface area contributed by atoms with E-state index in [1.54, 1.807) is 18.2 Å². The van der Waals surface area contributed by atoms with E-state index in [4.69, 9.17) is 0 Å². The summed E-state index contributed by atoms with van der Waals surface area (Å²) in [5.74, 6) is 0.788. The Morgan fingerprint density at radius 3 is 2.23 bits per heavy atom. The van der Waals surface area contributed by atoms with E-state index in [0.29, 0.717) is 5.82 Å². The van der Waals surface area contributed by atoms with Crippen molar-refractivity contribution in [3.05, 3.63) is 30.1 Å². The molecule has 0 bridgehead atoms. The lowest BCUT2D eigenvalue weighted by Crippen LogP contribution is -2.41. The third kappa shape index (κ3) is 3.54. The molecule has 2 N–H and O–H groups in total. The number of imidazole rings is 1. The molecule has 164 valence electrons. The molecule has 2 aromatic heterocycles. The smallest absolute Gasteiger partial charge is 0.368 e. The van der Waals surface area contributed by atoms with Crippen LogP contribution in [0.2, 0.25) is 0 Å². The molecule has 0 aliphatic heterocycles. The molecule has 0 atom stereocenters. The summed E-state index contributed by atoms with van der Waals surface area (Å²) >= 11 is 0. The summed E-state index contributed by atoms with van der Waals surface area (Å²) in [6.07, 6.45) is -0.0402. The van der Waals surface area contributed by atoms with Gasteiger partial charge in [0.1, 0.15) is 11.5 Å². The summed E-state index contributed by atoms with van der Waals surface area (Å²) in [7, 11) is 0. The van der Waals surface area contributed by atoms with Crippen LogP contribution in [0.25, 0.3) is 5.65 Å². The number of alkyl halides is 3. The lowest BCUT2D eigenvalue weighted by atomic mass is 9.91. The molecule has 0 radical (unpaired) electrons. The van der Waals surface area contributed by atoms with Gasteiger partial charge in [-0.15, -0.1) is 0 Å². The van der Waals surface area contributed by atoms with Gasteiger partial charge in [-0.25, -0.2) is 4.98 Å². The number of pyridine rings is 1. The molecule has 0 spiro atoms. The van der Waals surface area contributed by atoms with Crippen LogP contribution in [0, 0.1) is 16.7 Å². The summed E-state index contributed by atoms with van der Waals surface area (Å²) in [4.78, 5) is 16.4. The Labute approximate surface area is 174 Å². The second-order valence-electron chi connectivity index (χ2n) is 9.84. The highest BCUT2D eigenvalue weighted by Gasteiger charge is 2.68. The van der Waals surface area contributed by atoms with Crippen molar-refractivity contribution in [1.82, 2.24) is 14.7 Å². The molecular formula is C22H29F3N4O. The maximum atomic E-state index is 13.0. The van der Waals surface area contributed by atoms with Gasteiger partial charge in [0.25, 0.3) is 0 Å². The maximum absolute atomic E-state index is 13.0. The molecule has 0 aromatic carbocycles. The fourth-order valence-corrected chi connectivity index (χ4v) is 4.99. The lowest BCUT2D eigenvalue weighted by Gasteiger charge is -2.30. The third-order valence-electron chi connectivity index (χ3n) is 7.49. The van der Waals surface area contributed by atoms with Crippen LogP contribution in [0.5, 0.6) is 0 Å². The highest BCUT2D eigenvalue weighted by Crippen LogP contribution is 2.68. The zero-order valence-electron chi connectivity index (χ0n) is 17.8. The predicted octanol–water partition coefficient (Wildman–Crippen LogP) is 4.87. The van der Waals surface area contributed by atoms with Crippen molar-refractivity contribution in [2.24, 2.45) is 16.7 Å². The second kappa shape index (κ2) is 6.89. The van der Waals surface area contributed by atoms with Crippen molar-refractivity contribution >= 4 is 17.4 Å². The van der Waals surface area contributed by atoms with Gasteiger partial charge in [-0.3, -0.25) is 9.20 Å². The molecule has 4 rings (SSSR count). The quantitative estimate of drug-likeness (QED) is 0.739. The van der Waals surface area contributed by atoms with Crippen LogP contribution < -0.4 is 10.6 Å². The molecule has 0 saturated heterocycles. The minimum absolute atomic E-state index is 0.0224. The molecule has 2 heterocycles. The fraction of sp³-hybridized carbons (Fsp3) is 0.636. The number of halogens is 3. The van der Waals surface area contributed by atoms with Crippen LogP contribution >= 0.6 is 0 Å². The first-order chi connectivity index (χ1) is 13.9. The van der Waals surface area contributed by atoms with Gasteiger partial charge in [-0.05, 0) is 48.6 Å². The summed E-state index contributed by atoms with van der Waals surface area (Å²) in [6, 6.07) is 5.33. The van der Waals surface area contributed by atoms with Gasteiger partial charge in [-0.1, -0.05) is 33.8 Å². The first kappa shape index (κ1) is 21.0. The number of rotatable bonds is 4. The number of fused-ring (bicyclic) bond motifs is 1. The molecule has 2 aliphatic carbocycles. The minimum atomic E-state index is -4.47. The van der Waals surface area contributed by atoms with Crippen LogP contribution in [-0.4, -0.2) is 27.4 Å². The van der Waals surface area contributed by atoms with Crippen LogP contribution in [0.4, 0.5) is 19.0 Å². The molecule has 2 fully saturated rings. The Bertz CT molecular complexity index is 941. The molecule has 30 heavy (non-hydrogen) atoms. The average Bonchev–Trinajstić information content (AvgIpc) is 2.97. The van der Waals surface area contributed by atoms with Crippen molar-refractivity contribution in [3.63, 3.8) is 0 Å². The zero-order chi connectivity index (χ0) is 21.9. The van der Waals surface area contributed by atoms with Gasteiger partial charge in [0, 0.05) is 24.2 Å². The molecule has 2 saturated carbocycles. The topological polar surface area (TPSA) is 58.4 Å². The Morgan fingerprint density at radius 2 is 1.67 bits per heavy atom. The SMILES string of the molecule is CC1(C)C(C(=O)NC2CCC(Nc3cccc4nc(C(F)(F)F)cn34)CC2)C1(C)C. The van der Waals surface area contributed by atoms with E-state index < -0.39 is 11.9 Å². The Balaban J connectivity index is 1.35. The Hall–Kier alpha value is -2.25. The van der Waals surface area contributed by atoms with E-state index in [2.05, 4.69) is 43.3 Å². The number of carbonyl (C=O) groups is 1. The second-order valence-corrected chi connectivity index (χ2v) is 9.84. The molecule has 8 heteroatoms. The van der Waals surface area contributed by atoms with Gasteiger partial charge in [0.05, 0.1) is 0 Å². The van der Waals surface area contributed by atoms with Crippen LogP contribution in [-0.2, 0) is 11.0 Å². The van der Waals surface area contributed by atoms with Crippen molar-refractivity contribution in [2.45, 2.75) is 71.6 Å². The van der Waals surface area contributed by atoms with Crippen LogP contribution in [0.15, 0.2) is 24.4 Å². The van der Waals surface area contributed by atoms with Crippen molar-refractivity contribution in [1.29, 1.82) is 0 Å². The molecule has 2 aliphatic rings. The summed E-state index contributed by atoms with van der Waals surface area (Å²) < 4.78 is 40.4. The standard InChI is InChI=1S/C22H29F3N4O/c1-20(2)18(21(20,3)4)19(30)27-14-10-8-13(9-11-14)26-16-6-5-7-17-28-15(12-29(16)17)22(23,24)25/h5-7,12-14,18,26H,8-11H2,1-4H3,(H,27,30). The van der Waals surface area contributed by atoms with Gasteiger partial charge < -0.3 is 10.6 Å². The number of nitrogens with zero attached hydrogens (tertiary/aromatic N) is 2. The molecule has 0 unspecified atom stereocenters. The molecule has 2 aromatic rings. The lowest BCUT2D eigenvalue weighted by molar-refractivity contribution is -0.140. The number of nitrogens with one attached hydrogen (secondary N) is 2. The van der Waals surface area contributed by atoms with Crippen LogP contribution in [0.3, 0.4) is 0 Å². The highest BCUT2D eigenvalue weighted by atomic mass is 19.4. The number of aromatic nitrogens is 2. The van der Waals surface area contributed by atoms with E-state index in [0.717, 1.165) is 31.9 Å². The Morgan fingerprint density at radius 1 is 1.07 bits per heavy atom. The van der Waals surface area contributed by atoms with Crippen molar-refractivity contribution in [3.8, 4) is 0 Å². The first-order valence-corrected chi connectivity index (χ1v) is 10.5. The third-order valence-corrected chi connectivity index (χ3v) is 7.49. The number of hydrogen-bond acceptors (Lipinski definition) is 3. The Kier molecular flexibility index (Phi) is 4.82. The summed E-state index contributed by atoms with van der Waals surface area (Å²) in [5, 5.41) is 6.59. The molecule has 1 amide bonds. The van der Waals surface area contributed by atoms with Crippen molar-refractivity contribution in [2.75, 3.05) is 5.32 Å². The molecule has 5 nitrogen and oxygen atoms in total. The number of hydrogen-bond donors (Lipinski definition) is 2. The summed E-state index contributed by atoms with van der Waals surface area (Å²) in [5.41, 5.74) is -0.583. The first-order valence-electron chi connectivity index (χ1n) is 10.5. The normalized spacial score (nSPS) is 25.8. The van der Waals surface area contributed by atoms with E-state index in [1.807, 2.05) is 0 Å². The number of carbonyl (C=O) groups excluding carboxylic acids is 1. The zero-order valence-corrected chi connectivity index (χ0v) is 17.8. The van der Waals surface area contributed by atoms with E-state index in [9.17, 15) is 18.0 Å². The fourth-order valence-electron chi connectivity index (χ4n) is 4.99. The maximum Gasteiger partial charge on any atom is 0.434 e. The minimum Gasteiger partial charge on any atom is -0.368 e. The van der Waals surface area contributed by atoms with Gasteiger partial charge in [0.15, 0.2) is 5.69 Å². The average molecular weight is 422 g/mol. The van der Waals surface area contributed by atoms with E-state index in [-0.39, 0.29) is 40.4 Å². The summed E-state index contributed by atoms with van der Waals surface area (Å²) in [6.45, 7) is 8.55. The van der Waals surface area contributed by atoms with Gasteiger partial charge in [-0.2, -0.15) is 13.2 Å². The molecular weight excluding hydrogens is 393 g/mol. The van der Waals surface area contributed by atoms with Gasteiger partial charge in [0.2, 0.25) is 5.91 Å². The monoisotopic (exact) mass is 422 g/mol. The number of anilines is 1. The predicted molar refractivity (Wildman–Crippen MR) is 109 cm³/mol. The number of amides is 1. The van der Waals surface area contributed by atoms with E-state index in [1.165, 1.54) is 4.40 Å². The van der Waals surface area contributed by atoms with Gasteiger partial charge >= 0.3 is 6.18 Å². The van der Waals surface area contributed by atoms with E-state index >= 15 is 0 Å². The van der Waals surface area contributed by atoms with Crippen LogP contribution in [0.1, 0.15) is 59.1 Å².